The highest BCUT2D eigenvalue weighted by Gasteiger charge is 2.52. The summed E-state index contributed by atoms with van der Waals surface area (Å²) in [5.41, 5.74) is -0.850. The molecule has 1 fully saturated rings. The average Bonchev–Trinajstić information content (AvgIpc) is 3.21. The van der Waals surface area contributed by atoms with Crippen LogP contribution in [0.5, 0.6) is 0 Å². The van der Waals surface area contributed by atoms with Gasteiger partial charge in [-0.2, -0.15) is 18.3 Å². The monoisotopic (exact) mass is 463 g/mol. The van der Waals surface area contributed by atoms with Gasteiger partial charge in [-0.15, -0.1) is 0 Å². The van der Waals surface area contributed by atoms with Gasteiger partial charge in [0, 0.05) is 11.2 Å². The lowest BCUT2D eigenvalue weighted by Crippen LogP contribution is -2.41. The maximum atomic E-state index is 14.1. The van der Waals surface area contributed by atoms with Gasteiger partial charge in [-0.3, -0.25) is 4.79 Å². The van der Waals surface area contributed by atoms with E-state index in [1.165, 1.54) is 10.7 Å². The molecular formula is C22H22BF4N3O3. The topological polar surface area (TPSA) is 64.9 Å². The van der Waals surface area contributed by atoms with Crippen LogP contribution in [0.15, 0.2) is 36.5 Å². The molecule has 0 atom stereocenters. The van der Waals surface area contributed by atoms with Crippen molar-refractivity contribution >= 4 is 29.7 Å². The van der Waals surface area contributed by atoms with Crippen LogP contribution in [0, 0.1) is 12.7 Å². The Balaban J connectivity index is 1.65. The van der Waals surface area contributed by atoms with Crippen molar-refractivity contribution in [2.45, 2.75) is 52.0 Å². The molecule has 0 saturated carbocycles. The summed E-state index contributed by atoms with van der Waals surface area (Å²) in [7, 11) is -0.639. The number of halogens is 4. The van der Waals surface area contributed by atoms with Crippen molar-refractivity contribution in [3.8, 4) is 0 Å². The summed E-state index contributed by atoms with van der Waals surface area (Å²) in [6, 6.07) is 5.21. The van der Waals surface area contributed by atoms with Crippen LogP contribution >= 0.6 is 0 Å². The molecule has 1 amide bonds. The number of aromatic nitrogens is 2. The molecule has 0 radical (unpaired) electrons. The molecule has 1 aromatic carbocycles. The van der Waals surface area contributed by atoms with Crippen molar-refractivity contribution in [3.05, 3.63) is 59.2 Å². The molecule has 0 spiro atoms. The third-order valence-electron chi connectivity index (χ3n) is 6.26. The maximum absolute atomic E-state index is 14.1. The first-order valence-corrected chi connectivity index (χ1v) is 10.2. The molecule has 1 saturated heterocycles. The Morgan fingerprint density at radius 1 is 1.09 bits per heavy atom. The normalized spacial score (nSPS) is 17.5. The number of carbonyl (C=O) groups is 1. The van der Waals surface area contributed by atoms with E-state index in [4.69, 9.17) is 9.31 Å². The number of hydrogen-bond donors (Lipinski definition) is 1. The third-order valence-corrected chi connectivity index (χ3v) is 6.26. The van der Waals surface area contributed by atoms with E-state index in [2.05, 4.69) is 10.4 Å². The van der Waals surface area contributed by atoms with Crippen LogP contribution in [0.4, 0.5) is 23.2 Å². The lowest BCUT2D eigenvalue weighted by Gasteiger charge is -2.32. The Kier molecular flexibility index (Phi) is 5.33. The second-order valence-electron chi connectivity index (χ2n) is 8.96. The van der Waals surface area contributed by atoms with Crippen LogP contribution in [0.25, 0.3) is 5.52 Å². The molecule has 174 valence electrons. The zero-order valence-electron chi connectivity index (χ0n) is 18.7. The number of benzene rings is 1. The molecule has 1 N–H and O–H groups in total. The minimum absolute atomic E-state index is 0.0791. The van der Waals surface area contributed by atoms with E-state index in [0.29, 0.717) is 29.4 Å². The molecule has 1 aliphatic rings. The zero-order valence-corrected chi connectivity index (χ0v) is 18.7. The average molecular weight is 463 g/mol. The van der Waals surface area contributed by atoms with Crippen molar-refractivity contribution in [1.82, 2.24) is 9.61 Å². The number of carbonyl (C=O) groups excluding carboxylic acids is 1. The number of hydrogen-bond acceptors (Lipinski definition) is 4. The van der Waals surface area contributed by atoms with Gasteiger partial charge in [0.25, 0.3) is 5.91 Å². The Labute approximate surface area is 188 Å². The van der Waals surface area contributed by atoms with Gasteiger partial charge in [-0.1, -0.05) is 6.07 Å². The number of amides is 1. The molecule has 0 bridgehead atoms. The summed E-state index contributed by atoms with van der Waals surface area (Å²) in [6.45, 7) is 9.52. The van der Waals surface area contributed by atoms with E-state index in [9.17, 15) is 22.4 Å². The Hall–Kier alpha value is -2.92. The number of pyridine rings is 1. The van der Waals surface area contributed by atoms with Gasteiger partial charge < -0.3 is 14.6 Å². The number of rotatable bonds is 3. The van der Waals surface area contributed by atoms with Crippen LogP contribution in [0.3, 0.4) is 0 Å². The fourth-order valence-electron chi connectivity index (χ4n) is 3.58. The van der Waals surface area contributed by atoms with Crippen LogP contribution in [0.2, 0.25) is 0 Å². The predicted octanol–water partition coefficient (Wildman–Crippen LogP) is 4.35. The molecule has 0 unspecified atom stereocenters. The van der Waals surface area contributed by atoms with Gasteiger partial charge in [0.15, 0.2) is 0 Å². The molecule has 2 aromatic heterocycles. The van der Waals surface area contributed by atoms with Crippen molar-refractivity contribution in [3.63, 3.8) is 0 Å². The lowest BCUT2D eigenvalue weighted by molar-refractivity contribution is -0.137. The molecule has 11 heteroatoms. The second kappa shape index (κ2) is 7.56. The fourth-order valence-corrected chi connectivity index (χ4v) is 3.58. The van der Waals surface area contributed by atoms with E-state index < -0.39 is 47.5 Å². The van der Waals surface area contributed by atoms with Gasteiger partial charge >= 0.3 is 13.3 Å². The van der Waals surface area contributed by atoms with Gasteiger partial charge in [0.2, 0.25) is 0 Å². The van der Waals surface area contributed by atoms with Crippen molar-refractivity contribution < 1.29 is 31.7 Å². The SMILES string of the molecule is Cc1c(B2OC(C)(C)C(C)(C)O2)ccc2c(C(=O)Nc3cc(C(F)(F)F)ccc3F)cnn12. The van der Waals surface area contributed by atoms with Crippen LogP contribution in [0.1, 0.15) is 49.3 Å². The first-order valence-electron chi connectivity index (χ1n) is 10.2. The van der Waals surface area contributed by atoms with E-state index in [1.807, 2.05) is 27.7 Å². The summed E-state index contributed by atoms with van der Waals surface area (Å²) in [5.74, 6) is -1.77. The Morgan fingerprint density at radius 2 is 1.73 bits per heavy atom. The van der Waals surface area contributed by atoms with E-state index in [-0.39, 0.29) is 5.56 Å². The zero-order chi connectivity index (χ0) is 24.3. The molecule has 4 rings (SSSR count). The second-order valence-corrected chi connectivity index (χ2v) is 8.96. The number of alkyl halides is 3. The quantitative estimate of drug-likeness (QED) is 0.464. The van der Waals surface area contributed by atoms with Crippen molar-refractivity contribution in [2.24, 2.45) is 0 Å². The highest BCUT2D eigenvalue weighted by Crippen LogP contribution is 2.37. The molecule has 0 aliphatic carbocycles. The number of fused-ring (bicyclic) bond motifs is 1. The largest absolute Gasteiger partial charge is 0.496 e. The van der Waals surface area contributed by atoms with Crippen LogP contribution in [-0.2, 0) is 15.5 Å². The minimum Gasteiger partial charge on any atom is -0.399 e. The highest BCUT2D eigenvalue weighted by molar-refractivity contribution is 6.62. The first-order chi connectivity index (χ1) is 15.2. The number of aryl methyl sites for hydroxylation is 1. The van der Waals surface area contributed by atoms with E-state index in [0.717, 1.165) is 5.46 Å². The standard InChI is InChI=1S/C22H22BF4N3O3/c1-12-15(23-32-20(2,3)21(4,5)33-23)7-9-18-14(11-28-30(12)18)19(31)29-17-10-13(22(25,26)27)6-8-16(17)24/h6-11H,1-5H3,(H,29,31). The van der Waals surface area contributed by atoms with E-state index >= 15 is 0 Å². The Bertz CT molecular complexity index is 1240. The number of nitrogens with one attached hydrogen (secondary N) is 1. The van der Waals surface area contributed by atoms with Gasteiger partial charge in [0.05, 0.1) is 39.7 Å². The molecule has 6 nitrogen and oxygen atoms in total. The smallest absolute Gasteiger partial charge is 0.399 e. The van der Waals surface area contributed by atoms with Crippen LogP contribution < -0.4 is 10.8 Å². The molecule has 1 aliphatic heterocycles. The lowest BCUT2D eigenvalue weighted by atomic mass is 9.78. The summed E-state index contributed by atoms with van der Waals surface area (Å²) in [5, 5.41) is 6.45. The molecule has 3 heterocycles. The van der Waals surface area contributed by atoms with Crippen molar-refractivity contribution in [2.75, 3.05) is 5.32 Å². The summed E-state index contributed by atoms with van der Waals surface area (Å²) in [4.78, 5) is 12.8. The summed E-state index contributed by atoms with van der Waals surface area (Å²) in [6.07, 6.45) is -3.39. The first kappa shape index (κ1) is 23.3. The summed E-state index contributed by atoms with van der Waals surface area (Å²) < 4.78 is 66.6. The summed E-state index contributed by atoms with van der Waals surface area (Å²) >= 11 is 0. The Morgan fingerprint density at radius 3 is 2.33 bits per heavy atom. The minimum atomic E-state index is -4.67. The van der Waals surface area contributed by atoms with E-state index in [1.54, 1.807) is 19.1 Å². The van der Waals surface area contributed by atoms with Crippen LogP contribution in [-0.4, -0.2) is 33.8 Å². The molecule has 3 aromatic rings. The highest BCUT2D eigenvalue weighted by atomic mass is 19.4. The third kappa shape index (κ3) is 3.99. The van der Waals surface area contributed by atoms with Gasteiger partial charge in [-0.25, -0.2) is 8.91 Å². The van der Waals surface area contributed by atoms with Gasteiger partial charge in [0.1, 0.15) is 5.82 Å². The van der Waals surface area contributed by atoms with Crippen molar-refractivity contribution in [1.29, 1.82) is 0 Å². The predicted molar refractivity (Wildman–Crippen MR) is 115 cm³/mol. The van der Waals surface area contributed by atoms with Gasteiger partial charge in [-0.05, 0) is 58.9 Å². The number of nitrogens with zero attached hydrogens (tertiary/aromatic N) is 2. The molecular weight excluding hydrogens is 441 g/mol. The fraction of sp³-hybridized carbons (Fsp3) is 0.364. The molecule has 33 heavy (non-hydrogen) atoms. The maximum Gasteiger partial charge on any atom is 0.496 e. The number of anilines is 1.